The Morgan fingerprint density at radius 1 is 1.33 bits per heavy atom. The molecule has 0 amide bonds. The molecule has 0 aromatic heterocycles. The maximum absolute atomic E-state index is 5.23. The molecule has 1 rings (SSSR count). The molecule has 1 aromatic rings. The highest BCUT2D eigenvalue weighted by atomic mass is 16.5. The Hall–Kier alpha value is -1.02. The number of rotatable bonds is 6. The molecule has 0 atom stereocenters. The predicted molar refractivity (Wildman–Crippen MR) is 64.6 cm³/mol. The zero-order valence-corrected chi connectivity index (χ0v) is 9.97. The first-order valence-electron chi connectivity index (χ1n) is 5.62. The molecular formula is C13H21NO. The number of aryl methyl sites for hydroxylation is 2. The highest BCUT2D eigenvalue weighted by molar-refractivity contribution is 5.36. The summed E-state index contributed by atoms with van der Waals surface area (Å²) < 4.78 is 5.23. The van der Waals surface area contributed by atoms with Gasteiger partial charge in [-0.25, -0.2) is 0 Å². The Kier molecular flexibility index (Phi) is 5.19. The van der Waals surface area contributed by atoms with Gasteiger partial charge in [0.1, 0.15) is 5.75 Å². The fourth-order valence-electron chi connectivity index (χ4n) is 1.69. The van der Waals surface area contributed by atoms with E-state index in [1.54, 1.807) is 7.11 Å². The summed E-state index contributed by atoms with van der Waals surface area (Å²) in [5.74, 6) is 0.977. The molecule has 0 saturated carbocycles. The van der Waals surface area contributed by atoms with Crippen LogP contribution < -0.4 is 10.1 Å². The van der Waals surface area contributed by atoms with Crippen LogP contribution in [0.15, 0.2) is 18.2 Å². The summed E-state index contributed by atoms with van der Waals surface area (Å²) in [6.07, 6.45) is 2.33. The van der Waals surface area contributed by atoms with Gasteiger partial charge in [0.2, 0.25) is 0 Å². The summed E-state index contributed by atoms with van der Waals surface area (Å²) in [4.78, 5) is 0. The summed E-state index contributed by atoms with van der Waals surface area (Å²) in [5.41, 5.74) is 2.62. The zero-order valence-electron chi connectivity index (χ0n) is 9.97. The summed E-state index contributed by atoms with van der Waals surface area (Å²) in [6.45, 7) is 6.38. The van der Waals surface area contributed by atoms with Crippen LogP contribution in [0, 0.1) is 6.92 Å². The molecule has 0 fully saturated rings. The van der Waals surface area contributed by atoms with Gasteiger partial charge in [0.25, 0.3) is 0 Å². The van der Waals surface area contributed by atoms with Gasteiger partial charge in [-0.3, -0.25) is 0 Å². The van der Waals surface area contributed by atoms with Gasteiger partial charge in [0.05, 0.1) is 7.11 Å². The first-order valence-corrected chi connectivity index (χ1v) is 5.62. The van der Waals surface area contributed by atoms with Gasteiger partial charge in [-0.15, -0.1) is 0 Å². The van der Waals surface area contributed by atoms with Crippen LogP contribution in [0.5, 0.6) is 5.75 Å². The van der Waals surface area contributed by atoms with Crippen molar-refractivity contribution >= 4 is 0 Å². The zero-order chi connectivity index (χ0) is 11.1. The normalized spacial score (nSPS) is 10.3. The third kappa shape index (κ3) is 3.92. The number of hydrogen-bond donors (Lipinski definition) is 1. The first kappa shape index (κ1) is 12.1. The standard InChI is InChI=1S/C13H21NO/c1-4-14-9-5-6-12-7-8-13(15-3)11(2)10-12/h7-8,10,14H,4-6,9H2,1-3H3. The second kappa shape index (κ2) is 6.46. The Bertz CT molecular complexity index is 297. The van der Waals surface area contributed by atoms with E-state index < -0.39 is 0 Å². The number of hydrogen-bond acceptors (Lipinski definition) is 2. The van der Waals surface area contributed by atoms with Crippen LogP contribution in [0.4, 0.5) is 0 Å². The average molecular weight is 207 g/mol. The van der Waals surface area contributed by atoms with Crippen LogP contribution in [0.1, 0.15) is 24.5 Å². The third-order valence-corrected chi connectivity index (χ3v) is 2.53. The Morgan fingerprint density at radius 2 is 2.13 bits per heavy atom. The topological polar surface area (TPSA) is 21.3 Å². The van der Waals surface area contributed by atoms with Crippen molar-refractivity contribution in [3.8, 4) is 5.75 Å². The fourth-order valence-corrected chi connectivity index (χ4v) is 1.69. The lowest BCUT2D eigenvalue weighted by Crippen LogP contribution is -2.14. The number of nitrogens with one attached hydrogen (secondary N) is 1. The van der Waals surface area contributed by atoms with Crippen LogP contribution in [-0.2, 0) is 6.42 Å². The van der Waals surface area contributed by atoms with E-state index in [0.717, 1.165) is 25.3 Å². The Labute approximate surface area is 92.6 Å². The highest BCUT2D eigenvalue weighted by Crippen LogP contribution is 2.18. The summed E-state index contributed by atoms with van der Waals surface area (Å²) >= 11 is 0. The van der Waals surface area contributed by atoms with Crippen molar-refractivity contribution in [3.63, 3.8) is 0 Å². The van der Waals surface area contributed by atoms with Gasteiger partial charge < -0.3 is 10.1 Å². The lowest BCUT2D eigenvalue weighted by atomic mass is 10.1. The molecule has 0 aliphatic carbocycles. The van der Waals surface area contributed by atoms with E-state index in [9.17, 15) is 0 Å². The maximum Gasteiger partial charge on any atom is 0.121 e. The molecule has 1 aromatic carbocycles. The van der Waals surface area contributed by atoms with Crippen molar-refractivity contribution in [3.05, 3.63) is 29.3 Å². The molecule has 0 saturated heterocycles. The largest absolute Gasteiger partial charge is 0.496 e. The van der Waals surface area contributed by atoms with Crippen LogP contribution >= 0.6 is 0 Å². The molecule has 2 heteroatoms. The Morgan fingerprint density at radius 3 is 2.73 bits per heavy atom. The van der Waals surface area contributed by atoms with E-state index in [1.807, 2.05) is 0 Å². The van der Waals surface area contributed by atoms with Gasteiger partial charge >= 0.3 is 0 Å². The van der Waals surface area contributed by atoms with Crippen molar-refractivity contribution in [1.29, 1.82) is 0 Å². The summed E-state index contributed by atoms with van der Waals surface area (Å²) in [5, 5.41) is 3.33. The van der Waals surface area contributed by atoms with E-state index in [2.05, 4.69) is 37.4 Å². The van der Waals surface area contributed by atoms with E-state index in [0.29, 0.717) is 0 Å². The van der Waals surface area contributed by atoms with Crippen LogP contribution in [0.3, 0.4) is 0 Å². The van der Waals surface area contributed by atoms with Crippen molar-refractivity contribution < 1.29 is 4.74 Å². The van der Waals surface area contributed by atoms with Crippen LogP contribution in [-0.4, -0.2) is 20.2 Å². The monoisotopic (exact) mass is 207 g/mol. The minimum absolute atomic E-state index is 0.977. The van der Waals surface area contributed by atoms with Crippen molar-refractivity contribution in [2.45, 2.75) is 26.7 Å². The molecule has 0 aliphatic heterocycles. The van der Waals surface area contributed by atoms with Gasteiger partial charge in [0.15, 0.2) is 0 Å². The Balaban J connectivity index is 2.45. The molecular weight excluding hydrogens is 186 g/mol. The average Bonchev–Trinajstić information content (AvgIpc) is 2.25. The molecule has 0 bridgehead atoms. The van der Waals surface area contributed by atoms with Gasteiger partial charge in [-0.05, 0) is 50.0 Å². The van der Waals surface area contributed by atoms with Crippen molar-refractivity contribution in [2.24, 2.45) is 0 Å². The molecule has 15 heavy (non-hydrogen) atoms. The van der Waals surface area contributed by atoms with Crippen LogP contribution in [0.25, 0.3) is 0 Å². The maximum atomic E-state index is 5.23. The molecule has 2 nitrogen and oxygen atoms in total. The first-order chi connectivity index (χ1) is 7.27. The van der Waals surface area contributed by atoms with Gasteiger partial charge in [0, 0.05) is 0 Å². The third-order valence-electron chi connectivity index (χ3n) is 2.53. The minimum atomic E-state index is 0.977. The number of ether oxygens (including phenoxy) is 1. The molecule has 1 N–H and O–H groups in total. The SMILES string of the molecule is CCNCCCc1ccc(OC)c(C)c1. The molecule has 0 radical (unpaired) electrons. The lowest BCUT2D eigenvalue weighted by Gasteiger charge is -2.07. The van der Waals surface area contributed by atoms with Crippen LogP contribution in [0.2, 0.25) is 0 Å². The quantitative estimate of drug-likeness (QED) is 0.724. The summed E-state index contributed by atoms with van der Waals surface area (Å²) in [6, 6.07) is 6.42. The van der Waals surface area contributed by atoms with E-state index in [1.165, 1.54) is 17.5 Å². The number of benzene rings is 1. The molecule has 0 unspecified atom stereocenters. The minimum Gasteiger partial charge on any atom is -0.496 e. The van der Waals surface area contributed by atoms with Gasteiger partial charge in [-0.2, -0.15) is 0 Å². The van der Waals surface area contributed by atoms with Gasteiger partial charge in [-0.1, -0.05) is 19.1 Å². The van der Waals surface area contributed by atoms with Crippen molar-refractivity contribution in [1.82, 2.24) is 5.32 Å². The second-order valence-corrected chi connectivity index (χ2v) is 3.76. The van der Waals surface area contributed by atoms with Crippen molar-refractivity contribution in [2.75, 3.05) is 20.2 Å². The lowest BCUT2D eigenvalue weighted by molar-refractivity contribution is 0.411. The second-order valence-electron chi connectivity index (χ2n) is 3.76. The molecule has 0 aliphatic rings. The summed E-state index contributed by atoms with van der Waals surface area (Å²) in [7, 11) is 1.72. The number of methoxy groups -OCH3 is 1. The molecule has 0 heterocycles. The highest BCUT2D eigenvalue weighted by Gasteiger charge is 1.99. The van der Waals surface area contributed by atoms with E-state index >= 15 is 0 Å². The fraction of sp³-hybridized carbons (Fsp3) is 0.538. The van der Waals surface area contributed by atoms with E-state index in [4.69, 9.17) is 4.74 Å². The van der Waals surface area contributed by atoms with E-state index in [-0.39, 0.29) is 0 Å². The predicted octanol–water partition coefficient (Wildman–Crippen LogP) is 2.55. The molecule has 0 spiro atoms. The molecule has 84 valence electrons. The smallest absolute Gasteiger partial charge is 0.121 e.